The molecule has 3 rings (SSSR count). The summed E-state index contributed by atoms with van der Waals surface area (Å²) in [5.74, 6) is 1.98. The van der Waals surface area contributed by atoms with Gasteiger partial charge in [-0.1, -0.05) is 13.3 Å². The molecule has 0 amide bonds. The molecule has 0 bridgehead atoms. The Morgan fingerprint density at radius 3 is 2.89 bits per heavy atom. The van der Waals surface area contributed by atoms with Crippen molar-refractivity contribution in [3.63, 3.8) is 0 Å². The molecule has 1 aromatic rings. The molecular weight excluding hydrogens is 254 g/mol. The first-order chi connectivity index (χ1) is 9.35. The second kappa shape index (κ2) is 6.33. The first kappa shape index (κ1) is 13.5. The van der Waals surface area contributed by atoms with Crippen molar-refractivity contribution in [2.75, 3.05) is 19.6 Å². The summed E-state index contributed by atoms with van der Waals surface area (Å²) in [7, 11) is 0. The van der Waals surface area contributed by atoms with E-state index in [1.165, 1.54) is 49.5 Å². The molecule has 0 spiro atoms. The minimum absolute atomic E-state index is 0.934. The molecule has 3 nitrogen and oxygen atoms in total. The Balaban J connectivity index is 1.47. The van der Waals surface area contributed by atoms with Crippen molar-refractivity contribution in [3.05, 3.63) is 16.1 Å². The number of aromatic nitrogens is 1. The minimum Gasteiger partial charge on any atom is -0.310 e. The molecule has 1 aromatic heterocycles. The molecule has 0 radical (unpaired) electrons. The number of nitrogens with zero attached hydrogens (tertiary/aromatic N) is 2. The maximum Gasteiger partial charge on any atom is 0.107 e. The molecule has 1 aliphatic heterocycles. The van der Waals surface area contributed by atoms with Crippen molar-refractivity contribution < 1.29 is 0 Å². The average Bonchev–Trinajstić information content (AvgIpc) is 3.06. The van der Waals surface area contributed by atoms with E-state index in [1.54, 1.807) is 11.3 Å². The molecule has 106 valence electrons. The van der Waals surface area contributed by atoms with Gasteiger partial charge in [0.05, 0.1) is 5.69 Å². The third-order valence-electron chi connectivity index (χ3n) is 4.49. The van der Waals surface area contributed by atoms with Crippen LogP contribution < -0.4 is 5.32 Å². The zero-order chi connectivity index (χ0) is 13.1. The van der Waals surface area contributed by atoms with Crippen LogP contribution in [-0.4, -0.2) is 29.5 Å². The molecule has 4 heteroatoms. The number of hydrogen-bond acceptors (Lipinski definition) is 4. The zero-order valence-corrected chi connectivity index (χ0v) is 12.7. The lowest BCUT2D eigenvalue weighted by Crippen LogP contribution is -2.21. The van der Waals surface area contributed by atoms with E-state index in [0.717, 1.165) is 31.5 Å². The summed E-state index contributed by atoms with van der Waals surface area (Å²) >= 11 is 1.80. The summed E-state index contributed by atoms with van der Waals surface area (Å²) in [5.41, 5.74) is 1.28. The number of likely N-dealkylation sites (tertiary alicyclic amines) is 1. The summed E-state index contributed by atoms with van der Waals surface area (Å²) in [6.07, 6.45) is 5.58. The monoisotopic (exact) mass is 279 g/mol. The lowest BCUT2D eigenvalue weighted by molar-refractivity contribution is 0.300. The van der Waals surface area contributed by atoms with E-state index in [1.807, 2.05) is 0 Å². The van der Waals surface area contributed by atoms with Gasteiger partial charge < -0.3 is 5.32 Å². The molecule has 0 aromatic carbocycles. The molecule has 2 unspecified atom stereocenters. The van der Waals surface area contributed by atoms with Crippen molar-refractivity contribution >= 4 is 11.3 Å². The van der Waals surface area contributed by atoms with E-state index in [4.69, 9.17) is 4.98 Å². The lowest BCUT2D eigenvalue weighted by atomic mass is 10.0. The van der Waals surface area contributed by atoms with Gasteiger partial charge in [-0.25, -0.2) is 4.98 Å². The average molecular weight is 279 g/mol. The molecule has 2 atom stereocenters. The smallest absolute Gasteiger partial charge is 0.107 e. The van der Waals surface area contributed by atoms with Crippen LogP contribution in [0.5, 0.6) is 0 Å². The van der Waals surface area contributed by atoms with Crippen LogP contribution in [-0.2, 0) is 13.1 Å². The Bertz CT molecular complexity index is 392. The van der Waals surface area contributed by atoms with E-state index in [-0.39, 0.29) is 0 Å². The van der Waals surface area contributed by atoms with Crippen LogP contribution >= 0.6 is 11.3 Å². The van der Waals surface area contributed by atoms with Gasteiger partial charge in [0.2, 0.25) is 0 Å². The molecular formula is C15H25N3S. The second-order valence-corrected chi connectivity index (χ2v) is 7.00. The van der Waals surface area contributed by atoms with Gasteiger partial charge in [0.15, 0.2) is 0 Å². The second-order valence-electron chi connectivity index (χ2n) is 6.05. The Morgan fingerprint density at radius 1 is 1.37 bits per heavy atom. The molecule has 19 heavy (non-hydrogen) atoms. The predicted octanol–water partition coefficient (Wildman–Crippen LogP) is 2.87. The van der Waals surface area contributed by atoms with Crippen LogP contribution in [0, 0.1) is 11.8 Å². The first-order valence-corrected chi connectivity index (χ1v) is 8.59. The molecule has 2 heterocycles. The molecule has 1 saturated heterocycles. The highest BCUT2D eigenvalue weighted by molar-refractivity contribution is 7.09. The Morgan fingerprint density at radius 2 is 2.16 bits per heavy atom. The summed E-state index contributed by atoms with van der Waals surface area (Å²) in [4.78, 5) is 7.37. The van der Waals surface area contributed by atoms with Crippen LogP contribution in [0.25, 0.3) is 0 Å². The summed E-state index contributed by atoms with van der Waals surface area (Å²) in [6, 6.07) is 0. The number of nitrogens with one attached hydrogen (secondary N) is 1. The third kappa shape index (κ3) is 3.36. The fourth-order valence-corrected chi connectivity index (χ4v) is 4.32. The number of hydrogen-bond donors (Lipinski definition) is 1. The van der Waals surface area contributed by atoms with Crippen molar-refractivity contribution in [2.45, 2.75) is 45.7 Å². The van der Waals surface area contributed by atoms with Crippen molar-refractivity contribution in [1.82, 2.24) is 15.2 Å². The first-order valence-electron chi connectivity index (χ1n) is 7.71. The van der Waals surface area contributed by atoms with Crippen molar-refractivity contribution in [1.29, 1.82) is 0 Å². The van der Waals surface area contributed by atoms with Crippen LogP contribution in [0.4, 0.5) is 0 Å². The van der Waals surface area contributed by atoms with Gasteiger partial charge in [0.1, 0.15) is 5.01 Å². The van der Waals surface area contributed by atoms with E-state index >= 15 is 0 Å². The van der Waals surface area contributed by atoms with E-state index in [2.05, 4.69) is 22.5 Å². The van der Waals surface area contributed by atoms with Gasteiger partial charge in [-0.3, -0.25) is 4.90 Å². The van der Waals surface area contributed by atoms with Gasteiger partial charge in [0, 0.05) is 31.6 Å². The molecule has 2 fully saturated rings. The highest BCUT2D eigenvalue weighted by Crippen LogP contribution is 2.38. The van der Waals surface area contributed by atoms with E-state index in [0.29, 0.717) is 0 Å². The molecule has 1 aliphatic carbocycles. The van der Waals surface area contributed by atoms with Crippen LogP contribution in [0.1, 0.15) is 43.3 Å². The zero-order valence-electron chi connectivity index (χ0n) is 11.9. The SMILES string of the molecule is CCCNCc1nc(CN2CC3CCCC3C2)cs1. The summed E-state index contributed by atoms with van der Waals surface area (Å²) in [5, 5.41) is 6.91. The lowest BCUT2D eigenvalue weighted by Gasteiger charge is -2.14. The van der Waals surface area contributed by atoms with Crippen molar-refractivity contribution in [2.24, 2.45) is 11.8 Å². The fourth-order valence-electron chi connectivity index (χ4n) is 3.57. The highest BCUT2D eigenvalue weighted by Gasteiger charge is 2.35. The van der Waals surface area contributed by atoms with E-state index < -0.39 is 0 Å². The van der Waals surface area contributed by atoms with Gasteiger partial charge >= 0.3 is 0 Å². The van der Waals surface area contributed by atoms with Gasteiger partial charge in [-0.05, 0) is 37.6 Å². The largest absolute Gasteiger partial charge is 0.310 e. The summed E-state index contributed by atoms with van der Waals surface area (Å²) < 4.78 is 0. The maximum atomic E-state index is 4.75. The van der Waals surface area contributed by atoms with Crippen LogP contribution in [0.15, 0.2) is 5.38 Å². The van der Waals surface area contributed by atoms with Crippen molar-refractivity contribution in [3.8, 4) is 0 Å². The Labute approximate surface area is 120 Å². The maximum absolute atomic E-state index is 4.75. The quantitative estimate of drug-likeness (QED) is 0.812. The highest BCUT2D eigenvalue weighted by atomic mass is 32.1. The van der Waals surface area contributed by atoms with Crippen LogP contribution in [0.2, 0.25) is 0 Å². The molecule has 1 saturated carbocycles. The van der Waals surface area contributed by atoms with Crippen LogP contribution in [0.3, 0.4) is 0 Å². The number of fused-ring (bicyclic) bond motifs is 1. The number of thiazole rings is 1. The summed E-state index contributed by atoms with van der Waals surface area (Å²) in [6.45, 7) is 7.91. The molecule has 1 N–H and O–H groups in total. The van der Waals surface area contributed by atoms with Gasteiger partial charge in [0.25, 0.3) is 0 Å². The third-order valence-corrected chi connectivity index (χ3v) is 5.39. The normalized spacial score (nSPS) is 27.0. The van der Waals surface area contributed by atoms with Gasteiger partial charge in [-0.15, -0.1) is 11.3 Å². The standard InChI is InChI=1S/C15H25N3S/c1-2-6-16-7-15-17-14(11-19-15)10-18-8-12-4-3-5-13(12)9-18/h11-13,16H,2-10H2,1H3. The Kier molecular flexibility index (Phi) is 4.51. The Hall–Kier alpha value is -0.450. The fraction of sp³-hybridized carbons (Fsp3) is 0.800. The molecule has 2 aliphatic rings. The number of rotatable bonds is 6. The predicted molar refractivity (Wildman–Crippen MR) is 80.2 cm³/mol. The van der Waals surface area contributed by atoms with Gasteiger partial charge in [-0.2, -0.15) is 0 Å². The topological polar surface area (TPSA) is 28.2 Å². The van der Waals surface area contributed by atoms with E-state index in [9.17, 15) is 0 Å². The minimum atomic E-state index is 0.934.